The first-order chi connectivity index (χ1) is 7.82. The molecule has 0 heterocycles. The number of benzene rings is 1. The fourth-order valence-electron chi connectivity index (χ4n) is 2.06. The Balaban J connectivity index is 3.47. The van der Waals surface area contributed by atoms with Crippen molar-refractivity contribution in [1.82, 2.24) is 0 Å². The zero-order valence-corrected chi connectivity index (χ0v) is 11.4. The van der Waals surface area contributed by atoms with E-state index < -0.39 is 6.04 Å². The minimum absolute atomic E-state index is 0.0109. The number of aliphatic hydroxyl groups is 1. The zero-order chi connectivity index (χ0) is 13.2. The van der Waals surface area contributed by atoms with Crippen LogP contribution in [0.1, 0.15) is 43.5 Å². The molecule has 0 saturated heterocycles. The molecule has 1 atom stereocenters. The highest BCUT2D eigenvalue weighted by Crippen LogP contribution is 2.37. The summed E-state index contributed by atoms with van der Waals surface area (Å²) in [6, 6.07) is 3.71. The van der Waals surface area contributed by atoms with Crippen molar-refractivity contribution in [2.75, 3.05) is 13.7 Å². The summed E-state index contributed by atoms with van der Waals surface area (Å²) in [5, 5.41) is 9.25. The summed E-state index contributed by atoms with van der Waals surface area (Å²) < 4.78 is 5.52. The lowest BCUT2D eigenvalue weighted by molar-refractivity contribution is 0.263. The van der Waals surface area contributed by atoms with E-state index in [-0.39, 0.29) is 12.0 Å². The minimum atomic E-state index is -0.396. The van der Waals surface area contributed by atoms with Gasteiger partial charge in [0.15, 0.2) is 0 Å². The summed E-state index contributed by atoms with van der Waals surface area (Å²) in [7, 11) is 1.65. The average molecular weight is 237 g/mol. The Bertz CT molecular complexity index is 394. The molecule has 0 spiro atoms. The summed E-state index contributed by atoms with van der Waals surface area (Å²) in [4.78, 5) is 0. The Morgan fingerprint density at radius 2 is 1.94 bits per heavy atom. The smallest absolute Gasteiger partial charge is 0.127 e. The van der Waals surface area contributed by atoms with Gasteiger partial charge in [-0.25, -0.2) is 0 Å². The van der Waals surface area contributed by atoms with Crippen LogP contribution >= 0.6 is 0 Å². The second-order valence-electron chi connectivity index (χ2n) is 5.42. The van der Waals surface area contributed by atoms with Crippen LogP contribution in [0.25, 0.3) is 0 Å². The first-order valence-corrected chi connectivity index (χ1v) is 5.87. The molecule has 0 aromatic heterocycles. The van der Waals surface area contributed by atoms with E-state index in [1.807, 2.05) is 13.0 Å². The molecule has 1 aromatic carbocycles. The summed E-state index contributed by atoms with van der Waals surface area (Å²) in [6.45, 7) is 8.31. The maximum absolute atomic E-state index is 9.25. The van der Waals surface area contributed by atoms with Crippen molar-refractivity contribution in [3.63, 3.8) is 0 Å². The molecule has 0 fully saturated rings. The molecule has 3 nitrogen and oxygen atoms in total. The first kappa shape index (κ1) is 14.0. The van der Waals surface area contributed by atoms with Crippen LogP contribution in [0, 0.1) is 6.92 Å². The van der Waals surface area contributed by atoms with Crippen molar-refractivity contribution in [3.8, 4) is 5.75 Å². The van der Waals surface area contributed by atoms with E-state index in [9.17, 15) is 5.11 Å². The lowest BCUT2D eigenvalue weighted by Gasteiger charge is -2.26. The van der Waals surface area contributed by atoms with E-state index in [1.54, 1.807) is 7.11 Å². The van der Waals surface area contributed by atoms with Gasteiger partial charge in [0.1, 0.15) is 5.75 Å². The third-order valence-electron chi connectivity index (χ3n) is 2.99. The van der Waals surface area contributed by atoms with Gasteiger partial charge in [-0.15, -0.1) is 0 Å². The van der Waals surface area contributed by atoms with Crippen LogP contribution in [-0.2, 0) is 5.41 Å². The van der Waals surface area contributed by atoms with Gasteiger partial charge in [-0.3, -0.25) is 0 Å². The molecule has 96 valence electrons. The summed E-state index contributed by atoms with van der Waals surface area (Å²) in [5.41, 5.74) is 9.02. The lowest BCUT2D eigenvalue weighted by atomic mass is 9.83. The van der Waals surface area contributed by atoms with E-state index >= 15 is 0 Å². The molecule has 0 aliphatic rings. The van der Waals surface area contributed by atoms with Crippen molar-refractivity contribution in [2.45, 2.75) is 39.2 Å². The van der Waals surface area contributed by atoms with E-state index in [1.165, 1.54) is 0 Å². The lowest BCUT2D eigenvalue weighted by Crippen LogP contribution is -2.20. The molecule has 17 heavy (non-hydrogen) atoms. The van der Waals surface area contributed by atoms with Crippen LogP contribution < -0.4 is 10.5 Å². The van der Waals surface area contributed by atoms with Crippen LogP contribution in [0.4, 0.5) is 0 Å². The standard InChI is InChI=1S/C14H23NO2/c1-9-6-7-10(14(2,3)4)13(17-5)12(9)11(15)8-16/h6-7,11,16H,8,15H2,1-5H3. The van der Waals surface area contributed by atoms with Crippen molar-refractivity contribution in [1.29, 1.82) is 0 Å². The number of ether oxygens (including phenoxy) is 1. The van der Waals surface area contributed by atoms with Gasteiger partial charge in [0, 0.05) is 5.56 Å². The minimum Gasteiger partial charge on any atom is -0.496 e. The Kier molecular flexibility index (Phi) is 4.17. The second kappa shape index (κ2) is 5.07. The monoisotopic (exact) mass is 237 g/mol. The summed E-state index contributed by atoms with van der Waals surface area (Å²) in [5.74, 6) is 0.805. The largest absolute Gasteiger partial charge is 0.496 e. The number of methoxy groups -OCH3 is 1. The highest BCUT2D eigenvalue weighted by molar-refractivity contribution is 5.50. The molecule has 0 saturated carbocycles. The van der Waals surface area contributed by atoms with Gasteiger partial charge >= 0.3 is 0 Å². The van der Waals surface area contributed by atoms with E-state index in [2.05, 4.69) is 26.8 Å². The Morgan fingerprint density at radius 1 is 1.35 bits per heavy atom. The molecule has 0 aliphatic carbocycles. The average Bonchev–Trinajstić information content (AvgIpc) is 2.25. The van der Waals surface area contributed by atoms with E-state index in [0.717, 1.165) is 22.4 Å². The quantitative estimate of drug-likeness (QED) is 0.848. The van der Waals surface area contributed by atoms with Crippen molar-refractivity contribution < 1.29 is 9.84 Å². The highest BCUT2D eigenvalue weighted by Gasteiger charge is 2.24. The number of aliphatic hydroxyl groups excluding tert-OH is 1. The molecule has 3 N–H and O–H groups in total. The molecule has 1 unspecified atom stereocenters. The summed E-state index contributed by atoms with van der Waals surface area (Å²) >= 11 is 0. The third kappa shape index (κ3) is 2.79. The fraction of sp³-hybridized carbons (Fsp3) is 0.571. The van der Waals surface area contributed by atoms with Gasteiger partial charge in [0.2, 0.25) is 0 Å². The molecule has 0 amide bonds. The SMILES string of the molecule is COc1c(C(C)(C)C)ccc(C)c1C(N)CO. The maximum atomic E-state index is 9.25. The topological polar surface area (TPSA) is 55.5 Å². The maximum Gasteiger partial charge on any atom is 0.127 e. The van der Waals surface area contributed by atoms with Crippen molar-refractivity contribution >= 4 is 0 Å². The van der Waals surface area contributed by atoms with Crippen LogP contribution in [0.2, 0.25) is 0 Å². The molecular weight excluding hydrogens is 214 g/mol. The summed E-state index contributed by atoms with van der Waals surface area (Å²) in [6.07, 6.45) is 0. The molecule has 1 rings (SSSR count). The number of hydrogen-bond acceptors (Lipinski definition) is 3. The number of hydrogen-bond donors (Lipinski definition) is 2. The molecule has 0 radical (unpaired) electrons. The number of rotatable bonds is 3. The van der Waals surface area contributed by atoms with Crippen molar-refractivity contribution in [3.05, 3.63) is 28.8 Å². The molecule has 0 bridgehead atoms. The molecule has 3 heteroatoms. The number of aryl methyl sites for hydroxylation is 1. The fourth-order valence-corrected chi connectivity index (χ4v) is 2.06. The molecular formula is C14H23NO2. The highest BCUT2D eigenvalue weighted by atomic mass is 16.5. The van der Waals surface area contributed by atoms with E-state index in [0.29, 0.717) is 0 Å². The van der Waals surface area contributed by atoms with Gasteiger partial charge in [-0.2, -0.15) is 0 Å². The zero-order valence-electron chi connectivity index (χ0n) is 11.4. The predicted molar refractivity (Wildman–Crippen MR) is 70.4 cm³/mol. The van der Waals surface area contributed by atoms with Gasteiger partial charge in [-0.05, 0) is 23.5 Å². The van der Waals surface area contributed by atoms with Gasteiger partial charge in [0.25, 0.3) is 0 Å². The van der Waals surface area contributed by atoms with Crippen LogP contribution in [0.15, 0.2) is 12.1 Å². The van der Waals surface area contributed by atoms with Crippen molar-refractivity contribution in [2.24, 2.45) is 5.73 Å². The Labute approximate surface area is 104 Å². The van der Waals surface area contributed by atoms with Gasteiger partial charge < -0.3 is 15.6 Å². The van der Waals surface area contributed by atoms with Crippen LogP contribution in [0.3, 0.4) is 0 Å². The van der Waals surface area contributed by atoms with Crippen LogP contribution in [-0.4, -0.2) is 18.8 Å². The normalized spacial score (nSPS) is 13.6. The van der Waals surface area contributed by atoms with Gasteiger partial charge in [-0.1, -0.05) is 32.9 Å². The molecule has 0 aliphatic heterocycles. The predicted octanol–water partition coefficient (Wildman–Crippen LogP) is 2.29. The third-order valence-corrected chi connectivity index (χ3v) is 2.99. The Hall–Kier alpha value is -1.06. The first-order valence-electron chi connectivity index (χ1n) is 5.87. The Morgan fingerprint density at radius 3 is 2.35 bits per heavy atom. The van der Waals surface area contributed by atoms with Gasteiger partial charge in [0.05, 0.1) is 19.8 Å². The van der Waals surface area contributed by atoms with E-state index in [4.69, 9.17) is 10.5 Å². The van der Waals surface area contributed by atoms with Crippen LogP contribution in [0.5, 0.6) is 5.75 Å². The molecule has 1 aromatic rings. The second-order valence-corrected chi connectivity index (χ2v) is 5.42. The number of nitrogens with two attached hydrogens (primary N) is 1.